The van der Waals surface area contributed by atoms with Crippen LogP contribution in [-0.4, -0.2) is 20.3 Å². The molecule has 0 saturated carbocycles. The maximum absolute atomic E-state index is 5.55. The molecule has 15 heavy (non-hydrogen) atoms. The van der Waals surface area contributed by atoms with Crippen LogP contribution in [-0.2, 0) is 15.7 Å². The van der Waals surface area contributed by atoms with E-state index in [-0.39, 0.29) is 7.12 Å². The van der Waals surface area contributed by atoms with Gasteiger partial charge in [0, 0.05) is 17.7 Å². The summed E-state index contributed by atoms with van der Waals surface area (Å²) in [6.07, 6.45) is 1.08. The van der Waals surface area contributed by atoms with Crippen LogP contribution in [0.1, 0.15) is 25.0 Å². The monoisotopic (exact) mass is 268 g/mol. The largest absolute Gasteiger partial charge is 0.493 e. The van der Waals surface area contributed by atoms with Gasteiger partial charge in [-0.3, -0.25) is 0 Å². The second kappa shape index (κ2) is 4.68. The van der Waals surface area contributed by atoms with E-state index in [1.165, 1.54) is 15.6 Å². The fraction of sp³-hybridized carbons (Fsp3) is 0.455. The molecule has 4 heteroatoms. The summed E-state index contributed by atoms with van der Waals surface area (Å²) in [7, 11) is -0.203. The van der Waals surface area contributed by atoms with E-state index in [2.05, 4.69) is 28.1 Å². The number of rotatable bonds is 5. The molecule has 0 unspecified atom stereocenters. The molecule has 0 heterocycles. The minimum absolute atomic E-state index is 0.203. The molecule has 0 amide bonds. The van der Waals surface area contributed by atoms with E-state index in [1.54, 1.807) is 0 Å². The molecule has 0 aromatic heterocycles. The average Bonchev–Trinajstić information content (AvgIpc) is 2.28. The van der Waals surface area contributed by atoms with Crippen LogP contribution in [0, 0.1) is 0 Å². The molecule has 0 atom stereocenters. The first-order valence-corrected chi connectivity index (χ1v) is 6.10. The van der Waals surface area contributed by atoms with Gasteiger partial charge in [0.25, 0.3) is 0 Å². The van der Waals surface area contributed by atoms with Crippen molar-refractivity contribution in [2.45, 2.75) is 20.3 Å². The highest BCUT2D eigenvalue weighted by Crippen LogP contribution is 2.33. The summed E-state index contributed by atoms with van der Waals surface area (Å²) in [6, 6.07) is 4.32. The van der Waals surface area contributed by atoms with E-state index < -0.39 is 0 Å². The Labute approximate surface area is 99.2 Å². The SMILES string of the molecule is CCOB(OCC)c1cc2c(Br)c(c1)C2. The van der Waals surface area contributed by atoms with Crippen LogP contribution in [0.25, 0.3) is 0 Å². The molecule has 0 aliphatic heterocycles. The summed E-state index contributed by atoms with van der Waals surface area (Å²) in [4.78, 5) is 0. The lowest BCUT2D eigenvalue weighted by atomic mass is 9.73. The molecule has 0 N–H and O–H groups in total. The smallest absolute Gasteiger partial charge is 0.408 e. The first-order chi connectivity index (χ1) is 7.26. The minimum atomic E-state index is -0.203. The highest BCUT2D eigenvalue weighted by atomic mass is 79.9. The summed E-state index contributed by atoms with van der Waals surface area (Å²) >= 11 is 3.54. The van der Waals surface area contributed by atoms with E-state index in [4.69, 9.17) is 9.31 Å². The van der Waals surface area contributed by atoms with Crippen molar-refractivity contribution in [2.75, 3.05) is 13.2 Å². The van der Waals surface area contributed by atoms with Crippen molar-refractivity contribution in [2.24, 2.45) is 0 Å². The Balaban J connectivity index is 2.17. The lowest BCUT2D eigenvalue weighted by molar-refractivity contribution is 0.225. The van der Waals surface area contributed by atoms with Gasteiger partial charge in [-0.25, -0.2) is 0 Å². The van der Waals surface area contributed by atoms with Gasteiger partial charge in [0.05, 0.1) is 0 Å². The van der Waals surface area contributed by atoms with Gasteiger partial charge in [-0.05, 0) is 36.9 Å². The van der Waals surface area contributed by atoms with Gasteiger partial charge in [0.1, 0.15) is 0 Å². The molecular weight excluding hydrogens is 255 g/mol. The maximum atomic E-state index is 5.55. The van der Waals surface area contributed by atoms with E-state index in [1.807, 2.05) is 13.8 Å². The van der Waals surface area contributed by atoms with Crippen molar-refractivity contribution in [1.82, 2.24) is 0 Å². The Morgan fingerprint density at radius 3 is 2.13 bits per heavy atom. The van der Waals surface area contributed by atoms with Crippen LogP contribution >= 0.6 is 15.9 Å². The fourth-order valence-corrected chi connectivity index (χ4v) is 2.32. The second-order valence-electron chi connectivity index (χ2n) is 3.57. The van der Waals surface area contributed by atoms with Crippen molar-refractivity contribution >= 4 is 28.5 Å². The zero-order chi connectivity index (χ0) is 10.8. The first-order valence-electron chi connectivity index (χ1n) is 5.30. The molecular formula is C11H14BBrO2. The van der Waals surface area contributed by atoms with E-state index >= 15 is 0 Å². The standard InChI is InChI=1S/C11H14BBrO2/c1-3-14-12(15-4-2)10-6-8-5-9(7-10)11(8)13/h6-7H,3-5H2,1-2H3. The number of halogens is 1. The summed E-state index contributed by atoms with van der Waals surface area (Å²) in [5.41, 5.74) is 3.84. The van der Waals surface area contributed by atoms with Gasteiger partial charge in [0.2, 0.25) is 0 Å². The topological polar surface area (TPSA) is 18.5 Å². The molecule has 3 rings (SSSR count). The van der Waals surface area contributed by atoms with Crippen molar-refractivity contribution in [3.63, 3.8) is 0 Å². The molecule has 2 nitrogen and oxygen atoms in total. The maximum Gasteiger partial charge on any atom is 0.493 e. The first kappa shape index (κ1) is 11.2. The van der Waals surface area contributed by atoms with E-state index in [0.717, 1.165) is 11.9 Å². The van der Waals surface area contributed by atoms with Crippen LogP contribution in [0.5, 0.6) is 0 Å². The Kier molecular flexibility index (Phi) is 3.49. The Bertz CT molecular complexity index is 339. The Morgan fingerprint density at radius 1 is 1.20 bits per heavy atom. The number of hydrogen-bond donors (Lipinski definition) is 0. The van der Waals surface area contributed by atoms with Crippen molar-refractivity contribution < 1.29 is 9.31 Å². The number of benzene rings is 1. The van der Waals surface area contributed by atoms with Crippen LogP contribution in [0.4, 0.5) is 0 Å². The number of fused-ring (bicyclic) bond motifs is 2. The summed E-state index contributed by atoms with van der Waals surface area (Å²) in [5, 5.41) is 0. The molecule has 0 fully saturated rings. The van der Waals surface area contributed by atoms with Crippen LogP contribution in [0.2, 0.25) is 0 Å². The van der Waals surface area contributed by atoms with Gasteiger partial charge < -0.3 is 9.31 Å². The van der Waals surface area contributed by atoms with Gasteiger partial charge in [-0.1, -0.05) is 28.1 Å². The summed E-state index contributed by atoms with van der Waals surface area (Å²) < 4.78 is 12.4. The molecule has 0 saturated heterocycles. The molecule has 2 bridgehead atoms. The van der Waals surface area contributed by atoms with Gasteiger partial charge in [-0.2, -0.15) is 0 Å². The molecule has 1 aromatic carbocycles. The van der Waals surface area contributed by atoms with Crippen LogP contribution in [0.15, 0.2) is 16.6 Å². The Morgan fingerprint density at radius 2 is 1.73 bits per heavy atom. The van der Waals surface area contributed by atoms with Crippen molar-refractivity contribution in [1.29, 1.82) is 0 Å². The predicted octanol–water partition coefficient (Wildman–Crippen LogP) is 2.12. The highest BCUT2D eigenvalue weighted by Gasteiger charge is 2.26. The lowest BCUT2D eigenvalue weighted by Crippen LogP contribution is -2.39. The van der Waals surface area contributed by atoms with Crippen LogP contribution < -0.4 is 5.46 Å². The summed E-state index contributed by atoms with van der Waals surface area (Å²) in [5.74, 6) is 0. The third-order valence-corrected chi connectivity index (χ3v) is 3.55. The number of hydrogen-bond acceptors (Lipinski definition) is 2. The Hall–Kier alpha value is -0.315. The quantitative estimate of drug-likeness (QED) is 0.774. The van der Waals surface area contributed by atoms with E-state index in [0.29, 0.717) is 13.2 Å². The zero-order valence-corrected chi connectivity index (χ0v) is 10.6. The van der Waals surface area contributed by atoms with Crippen molar-refractivity contribution in [3.05, 3.63) is 27.7 Å². The zero-order valence-electron chi connectivity index (χ0n) is 9.05. The van der Waals surface area contributed by atoms with Gasteiger partial charge >= 0.3 is 7.12 Å². The van der Waals surface area contributed by atoms with Gasteiger partial charge in [0.15, 0.2) is 0 Å². The molecule has 2 aliphatic carbocycles. The second-order valence-corrected chi connectivity index (χ2v) is 4.37. The average molecular weight is 269 g/mol. The normalized spacial score (nSPS) is 12.5. The fourth-order valence-electron chi connectivity index (χ4n) is 1.81. The minimum Gasteiger partial charge on any atom is -0.408 e. The predicted molar refractivity (Wildman–Crippen MR) is 65.6 cm³/mol. The molecule has 1 aromatic rings. The third-order valence-electron chi connectivity index (χ3n) is 2.53. The molecule has 80 valence electrons. The molecule has 0 radical (unpaired) electrons. The van der Waals surface area contributed by atoms with E-state index in [9.17, 15) is 0 Å². The lowest BCUT2D eigenvalue weighted by Gasteiger charge is -2.23. The third kappa shape index (κ3) is 2.12. The molecule has 0 spiro atoms. The van der Waals surface area contributed by atoms with Crippen LogP contribution in [0.3, 0.4) is 0 Å². The summed E-state index contributed by atoms with van der Waals surface area (Å²) in [6.45, 7) is 5.31. The van der Waals surface area contributed by atoms with Gasteiger partial charge in [-0.15, -0.1) is 0 Å². The highest BCUT2D eigenvalue weighted by molar-refractivity contribution is 9.10. The molecule has 2 aliphatic rings. The van der Waals surface area contributed by atoms with Crippen molar-refractivity contribution in [3.8, 4) is 0 Å².